The number of benzene rings is 1. The summed E-state index contributed by atoms with van der Waals surface area (Å²) in [5.41, 5.74) is 0.0776. The standard InChI is InChI=1S/C13H16N2O5.ClH/c16-10-11-1-2-13(12(9-11)15(17)18)20-8-5-14-3-6-19-7-4-14;/h1-2,9-10H,3-8H2;1H. The molecule has 0 bridgehead atoms. The van der Waals surface area contributed by atoms with Crippen LogP contribution >= 0.6 is 12.4 Å². The number of halogens is 1. The summed E-state index contributed by atoms with van der Waals surface area (Å²) in [7, 11) is 0. The number of ether oxygens (including phenoxy) is 2. The minimum Gasteiger partial charge on any atom is -0.485 e. The number of nitro benzene ring substituents is 1. The van der Waals surface area contributed by atoms with Crippen LogP contribution in [0.4, 0.5) is 5.69 Å². The molecule has 1 aliphatic rings. The molecule has 8 heteroatoms. The molecule has 0 radical (unpaired) electrons. The molecule has 0 unspecified atom stereocenters. The zero-order chi connectivity index (χ0) is 14.4. The van der Waals surface area contributed by atoms with Gasteiger partial charge in [-0.1, -0.05) is 0 Å². The van der Waals surface area contributed by atoms with Crippen LogP contribution in [-0.2, 0) is 4.74 Å². The quantitative estimate of drug-likeness (QED) is 0.450. The molecule has 0 aliphatic carbocycles. The van der Waals surface area contributed by atoms with Gasteiger partial charge in [0, 0.05) is 31.3 Å². The minimum atomic E-state index is -0.545. The third kappa shape index (κ3) is 4.96. The van der Waals surface area contributed by atoms with Gasteiger partial charge in [-0.3, -0.25) is 19.8 Å². The van der Waals surface area contributed by atoms with Gasteiger partial charge in [0.25, 0.3) is 0 Å². The van der Waals surface area contributed by atoms with Crippen LogP contribution in [0.25, 0.3) is 0 Å². The molecule has 0 atom stereocenters. The predicted molar refractivity (Wildman–Crippen MR) is 78.5 cm³/mol. The maximum absolute atomic E-state index is 10.9. The topological polar surface area (TPSA) is 81.9 Å². The summed E-state index contributed by atoms with van der Waals surface area (Å²) in [4.78, 5) is 23.2. The van der Waals surface area contributed by atoms with Gasteiger partial charge in [-0.05, 0) is 12.1 Å². The van der Waals surface area contributed by atoms with E-state index >= 15 is 0 Å². The van der Waals surface area contributed by atoms with E-state index in [0.717, 1.165) is 13.1 Å². The van der Waals surface area contributed by atoms with E-state index in [1.165, 1.54) is 18.2 Å². The largest absolute Gasteiger partial charge is 0.485 e. The molecule has 1 aliphatic heterocycles. The first-order chi connectivity index (χ1) is 9.70. The van der Waals surface area contributed by atoms with Gasteiger partial charge in [-0.15, -0.1) is 12.4 Å². The van der Waals surface area contributed by atoms with Crippen LogP contribution in [0.2, 0.25) is 0 Å². The van der Waals surface area contributed by atoms with Gasteiger partial charge in [-0.2, -0.15) is 0 Å². The summed E-state index contributed by atoms with van der Waals surface area (Å²) in [6.45, 7) is 4.14. The first-order valence-electron chi connectivity index (χ1n) is 6.37. The van der Waals surface area contributed by atoms with Crippen molar-refractivity contribution >= 4 is 24.4 Å². The normalized spacial score (nSPS) is 15.0. The highest BCUT2D eigenvalue weighted by atomic mass is 35.5. The van der Waals surface area contributed by atoms with Crippen molar-refractivity contribution in [3.63, 3.8) is 0 Å². The summed E-state index contributed by atoms with van der Waals surface area (Å²) in [5, 5.41) is 10.9. The van der Waals surface area contributed by atoms with E-state index in [-0.39, 0.29) is 29.4 Å². The Morgan fingerprint density at radius 1 is 1.38 bits per heavy atom. The smallest absolute Gasteiger partial charge is 0.311 e. The maximum atomic E-state index is 10.9. The molecular formula is C13H17ClN2O5. The van der Waals surface area contributed by atoms with E-state index in [9.17, 15) is 14.9 Å². The molecule has 1 aromatic carbocycles. The zero-order valence-electron chi connectivity index (χ0n) is 11.4. The SMILES string of the molecule is Cl.O=Cc1ccc(OCCN2CCOCC2)c([N+](=O)[O-])c1. The fourth-order valence-electron chi connectivity index (χ4n) is 1.98. The second-order valence-electron chi connectivity index (χ2n) is 4.40. The highest BCUT2D eigenvalue weighted by Crippen LogP contribution is 2.27. The number of carbonyl (C=O) groups is 1. The number of rotatable bonds is 6. The molecule has 21 heavy (non-hydrogen) atoms. The van der Waals surface area contributed by atoms with Gasteiger partial charge in [-0.25, -0.2) is 0 Å². The molecule has 1 heterocycles. The van der Waals surface area contributed by atoms with Crippen LogP contribution in [-0.4, -0.2) is 55.6 Å². The van der Waals surface area contributed by atoms with E-state index in [1.807, 2.05) is 0 Å². The first-order valence-corrected chi connectivity index (χ1v) is 6.37. The van der Waals surface area contributed by atoms with E-state index in [2.05, 4.69) is 4.90 Å². The van der Waals surface area contributed by atoms with Crippen molar-refractivity contribution in [1.29, 1.82) is 0 Å². The van der Waals surface area contributed by atoms with Crippen molar-refractivity contribution < 1.29 is 19.2 Å². The molecule has 1 saturated heterocycles. The monoisotopic (exact) mass is 316 g/mol. The predicted octanol–water partition coefficient (Wildman–Crippen LogP) is 1.54. The Labute approximate surface area is 128 Å². The third-order valence-electron chi connectivity index (χ3n) is 3.08. The molecule has 0 N–H and O–H groups in total. The van der Waals surface area contributed by atoms with Crippen molar-refractivity contribution in [3.8, 4) is 5.75 Å². The Bertz CT molecular complexity index is 491. The third-order valence-corrected chi connectivity index (χ3v) is 3.08. The summed E-state index contributed by atoms with van der Waals surface area (Å²) in [5.74, 6) is 0.189. The van der Waals surface area contributed by atoms with Gasteiger partial charge < -0.3 is 9.47 Å². The fraction of sp³-hybridized carbons (Fsp3) is 0.462. The Balaban J connectivity index is 0.00000220. The molecule has 0 aromatic heterocycles. The van der Waals surface area contributed by atoms with E-state index in [1.54, 1.807) is 0 Å². The number of nitro groups is 1. The number of nitrogens with zero attached hydrogens (tertiary/aromatic N) is 2. The lowest BCUT2D eigenvalue weighted by molar-refractivity contribution is -0.385. The minimum absolute atomic E-state index is 0. The van der Waals surface area contributed by atoms with Crippen molar-refractivity contribution in [1.82, 2.24) is 4.90 Å². The maximum Gasteiger partial charge on any atom is 0.311 e. The second kappa shape index (κ2) is 8.56. The molecule has 1 fully saturated rings. The summed E-state index contributed by atoms with van der Waals surface area (Å²) >= 11 is 0. The second-order valence-corrected chi connectivity index (χ2v) is 4.40. The molecule has 0 spiro atoms. The van der Waals surface area contributed by atoms with Crippen LogP contribution in [0.1, 0.15) is 10.4 Å². The van der Waals surface area contributed by atoms with E-state index in [4.69, 9.17) is 9.47 Å². The molecule has 2 rings (SSSR count). The van der Waals surface area contributed by atoms with Crippen LogP contribution < -0.4 is 4.74 Å². The Morgan fingerprint density at radius 2 is 2.10 bits per heavy atom. The van der Waals surface area contributed by atoms with Crippen molar-refractivity contribution in [2.45, 2.75) is 0 Å². The molecule has 7 nitrogen and oxygen atoms in total. The van der Waals surface area contributed by atoms with Crippen LogP contribution in [0.15, 0.2) is 18.2 Å². The van der Waals surface area contributed by atoms with Crippen molar-refractivity contribution in [2.75, 3.05) is 39.5 Å². The Morgan fingerprint density at radius 3 is 2.71 bits per heavy atom. The highest BCUT2D eigenvalue weighted by Gasteiger charge is 2.16. The summed E-state index contributed by atoms with van der Waals surface area (Å²) in [6.07, 6.45) is 0.574. The summed E-state index contributed by atoms with van der Waals surface area (Å²) < 4.78 is 10.7. The Kier molecular flexibility index (Phi) is 7.07. The number of carbonyl (C=O) groups excluding carboxylic acids is 1. The average Bonchev–Trinajstić information content (AvgIpc) is 2.48. The highest BCUT2D eigenvalue weighted by molar-refractivity contribution is 5.85. The lowest BCUT2D eigenvalue weighted by Crippen LogP contribution is -2.38. The number of hydrogen-bond donors (Lipinski definition) is 0. The number of hydrogen-bond acceptors (Lipinski definition) is 6. The van der Waals surface area contributed by atoms with Gasteiger partial charge in [0.2, 0.25) is 0 Å². The molecular weight excluding hydrogens is 300 g/mol. The average molecular weight is 317 g/mol. The zero-order valence-corrected chi connectivity index (χ0v) is 12.2. The number of aldehydes is 1. The van der Waals surface area contributed by atoms with Crippen molar-refractivity contribution in [2.24, 2.45) is 0 Å². The molecule has 116 valence electrons. The van der Waals surface area contributed by atoms with E-state index < -0.39 is 4.92 Å². The first kappa shape index (κ1) is 17.4. The van der Waals surface area contributed by atoms with Crippen molar-refractivity contribution in [3.05, 3.63) is 33.9 Å². The number of morpholine rings is 1. The van der Waals surface area contributed by atoms with Crippen LogP contribution in [0, 0.1) is 10.1 Å². The van der Waals surface area contributed by atoms with Gasteiger partial charge in [0.15, 0.2) is 5.75 Å². The molecule has 1 aromatic rings. The lowest BCUT2D eigenvalue weighted by Gasteiger charge is -2.26. The lowest BCUT2D eigenvalue weighted by atomic mass is 10.2. The van der Waals surface area contributed by atoms with E-state index in [0.29, 0.717) is 32.7 Å². The fourth-order valence-corrected chi connectivity index (χ4v) is 1.98. The molecule has 0 saturated carbocycles. The molecule has 0 amide bonds. The van der Waals surface area contributed by atoms with Gasteiger partial charge in [0.1, 0.15) is 12.9 Å². The van der Waals surface area contributed by atoms with Gasteiger partial charge in [0.05, 0.1) is 18.1 Å². The Hall–Kier alpha value is -1.70. The van der Waals surface area contributed by atoms with Gasteiger partial charge >= 0.3 is 5.69 Å². The van der Waals surface area contributed by atoms with Crippen LogP contribution in [0.5, 0.6) is 5.75 Å². The van der Waals surface area contributed by atoms with Crippen LogP contribution in [0.3, 0.4) is 0 Å². The summed E-state index contributed by atoms with van der Waals surface area (Å²) in [6, 6.07) is 4.18.